The number of allylic oxidation sites excluding steroid dienone is 2. The fourth-order valence-electron chi connectivity index (χ4n) is 6.91. The number of unbranched alkanes of at least 4 members (excludes halogenated alkanes) is 1. The van der Waals surface area contributed by atoms with E-state index in [1.807, 2.05) is 19.9 Å². The Kier molecular flexibility index (Phi) is 19.6. The van der Waals surface area contributed by atoms with Gasteiger partial charge in [-0.05, 0) is 155 Å². The summed E-state index contributed by atoms with van der Waals surface area (Å²) in [6.45, 7) is 27.1. The minimum atomic E-state index is -2.00. The molecule has 55 heavy (non-hydrogen) atoms. The number of pyridine rings is 1. The Bertz CT molecular complexity index is 1800. The maximum atomic E-state index is 12.8. The van der Waals surface area contributed by atoms with Gasteiger partial charge in [-0.1, -0.05) is 96.9 Å². The van der Waals surface area contributed by atoms with Gasteiger partial charge in [0.05, 0.1) is 17.3 Å². The molecule has 2 N–H and O–H groups in total. The normalized spacial score (nSPS) is 13.8. The summed E-state index contributed by atoms with van der Waals surface area (Å²) in [6.07, 6.45) is 6.60. The van der Waals surface area contributed by atoms with Crippen LogP contribution in [0.2, 0.25) is 0 Å². The van der Waals surface area contributed by atoms with E-state index in [0.717, 1.165) is 60.0 Å². The van der Waals surface area contributed by atoms with Gasteiger partial charge in [0, 0.05) is 32.1 Å². The molecule has 0 bridgehead atoms. The quantitative estimate of drug-likeness (QED) is 0.0930. The van der Waals surface area contributed by atoms with E-state index in [-0.39, 0.29) is 17.1 Å². The largest absolute Gasteiger partial charge is 0.440 e. The highest BCUT2D eigenvalue weighted by molar-refractivity contribution is 8.31. The average molecular weight is 770 g/mol. The summed E-state index contributed by atoms with van der Waals surface area (Å²) in [4.78, 5) is 20.5. The molecule has 4 aromatic rings. The second-order valence-corrected chi connectivity index (χ2v) is 18.4. The van der Waals surface area contributed by atoms with Crippen LogP contribution in [0.4, 0.5) is 0 Å². The molecular weight excluding hydrogens is 699 g/mol. The number of carbonyl (C=O) groups excluding carboxylic acids is 1. The maximum Gasteiger partial charge on any atom is 0.156 e. The van der Waals surface area contributed by atoms with Gasteiger partial charge in [0.2, 0.25) is 0 Å². The molecule has 5 nitrogen and oxygen atoms in total. The number of benzene rings is 3. The molecule has 0 aliphatic heterocycles. The highest BCUT2D eigenvalue weighted by Gasteiger charge is 2.43. The number of aromatic nitrogens is 1. The predicted octanol–water partition coefficient (Wildman–Crippen LogP) is 13.3. The first-order valence-corrected chi connectivity index (χ1v) is 22.1. The topological polar surface area (TPSA) is 79.7 Å². The minimum absolute atomic E-state index is 0.0194. The number of ketones is 1. The molecule has 1 aromatic heterocycles. The average Bonchev–Trinajstić information content (AvgIpc) is 3.17. The van der Waals surface area contributed by atoms with Gasteiger partial charge in [0.1, 0.15) is 5.75 Å². The minimum Gasteiger partial charge on any atom is -0.440 e. The highest BCUT2D eigenvalue weighted by Crippen LogP contribution is 2.70. The molecule has 0 radical (unpaired) electrons. The van der Waals surface area contributed by atoms with Crippen molar-refractivity contribution in [3.05, 3.63) is 113 Å². The van der Waals surface area contributed by atoms with Gasteiger partial charge in [0.25, 0.3) is 0 Å². The van der Waals surface area contributed by atoms with Crippen molar-refractivity contribution in [1.29, 1.82) is 0 Å². The van der Waals surface area contributed by atoms with Crippen molar-refractivity contribution in [3.63, 3.8) is 0 Å². The predicted molar refractivity (Wildman–Crippen MR) is 238 cm³/mol. The third-order valence-corrected chi connectivity index (χ3v) is 13.8. The monoisotopic (exact) mass is 770 g/mol. The van der Waals surface area contributed by atoms with Crippen molar-refractivity contribution < 1.29 is 19.2 Å². The van der Waals surface area contributed by atoms with Crippen molar-refractivity contribution >= 4 is 32.6 Å². The second-order valence-electron chi connectivity index (χ2n) is 15.0. The molecule has 0 saturated heterocycles. The molecule has 6 heteroatoms. The maximum absolute atomic E-state index is 12.8. The summed E-state index contributed by atoms with van der Waals surface area (Å²) < 4.78 is 7.19. The van der Waals surface area contributed by atoms with Crippen molar-refractivity contribution in [2.75, 3.05) is 6.61 Å². The number of Topliss-reactive ketones (excluding diaryl/α,β-unsaturated/α-hetero) is 1. The number of aliphatic hydroxyl groups is 2. The van der Waals surface area contributed by atoms with E-state index >= 15 is 0 Å². The molecule has 1 heterocycles. The number of carbonyl (C=O) groups is 1. The van der Waals surface area contributed by atoms with Crippen molar-refractivity contribution in [1.82, 2.24) is 4.98 Å². The van der Waals surface area contributed by atoms with Gasteiger partial charge in [-0.3, -0.25) is 4.79 Å². The number of nitrogens with zero attached hydrogens (tertiary/aromatic N) is 1. The summed E-state index contributed by atoms with van der Waals surface area (Å²) in [7, 11) is -2.00. The molecule has 4 rings (SSSR count). The zero-order valence-corrected chi connectivity index (χ0v) is 37.1. The molecule has 0 fully saturated rings. The van der Waals surface area contributed by atoms with E-state index in [1.165, 1.54) is 20.9 Å². The number of aliphatic hydroxyl groups excluding tert-OH is 2. The Morgan fingerprint density at radius 1 is 0.873 bits per heavy atom. The van der Waals surface area contributed by atoms with Crippen LogP contribution in [0.25, 0.3) is 16.5 Å². The molecule has 2 unspecified atom stereocenters. The summed E-state index contributed by atoms with van der Waals surface area (Å²) in [5, 5.41) is 19.6. The lowest BCUT2D eigenvalue weighted by Crippen LogP contribution is -2.29. The van der Waals surface area contributed by atoms with Crippen LogP contribution >= 0.6 is 10.3 Å². The van der Waals surface area contributed by atoms with Crippen molar-refractivity contribution in [2.24, 2.45) is 5.92 Å². The smallest absolute Gasteiger partial charge is 0.156 e. The number of fused-ring (bicyclic) bond motifs is 1. The summed E-state index contributed by atoms with van der Waals surface area (Å²) >= 11 is 0. The van der Waals surface area contributed by atoms with E-state index in [0.29, 0.717) is 23.5 Å². The first-order chi connectivity index (χ1) is 26.2. The molecular formula is C49H71NO4S. The number of rotatable bonds is 15. The third kappa shape index (κ3) is 11.9. The van der Waals surface area contributed by atoms with E-state index < -0.39 is 16.4 Å². The van der Waals surface area contributed by atoms with Crippen molar-refractivity contribution in [2.45, 2.75) is 149 Å². The Morgan fingerprint density at radius 3 is 1.85 bits per heavy atom. The molecule has 3 aromatic carbocycles. The van der Waals surface area contributed by atoms with E-state index in [1.54, 1.807) is 20.8 Å². The van der Waals surface area contributed by atoms with Crippen molar-refractivity contribution in [3.8, 4) is 5.75 Å². The van der Waals surface area contributed by atoms with Crippen LogP contribution < -0.4 is 4.18 Å². The van der Waals surface area contributed by atoms with Crippen LogP contribution in [0.15, 0.2) is 106 Å². The Hall–Kier alpha value is -3.71. The van der Waals surface area contributed by atoms with Gasteiger partial charge < -0.3 is 14.4 Å². The lowest BCUT2D eigenvalue weighted by molar-refractivity contribution is -0.113. The zero-order valence-electron chi connectivity index (χ0n) is 36.3. The highest BCUT2D eigenvalue weighted by atomic mass is 32.3. The first kappa shape index (κ1) is 47.4. The zero-order chi connectivity index (χ0) is 41.3. The fourth-order valence-corrected chi connectivity index (χ4v) is 10.5. The Balaban J connectivity index is 0.00000199. The number of hydrogen-bond acceptors (Lipinski definition) is 5. The SMILES string of the molecule is CC.CCCC/C(C(C)=O)=C(/C=C(\C)c1nc2ccc(OS(c3ccccc3)(c3ccccc3)C(C)(C)C)cc2c(CC)c1CC(C)CC)C(C)O.CCO. The molecule has 0 amide bonds. The summed E-state index contributed by atoms with van der Waals surface area (Å²) in [6, 6.07) is 27.8. The Morgan fingerprint density at radius 2 is 1.42 bits per heavy atom. The number of aryl methyl sites for hydroxylation is 1. The van der Waals surface area contributed by atoms with Crippen LogP contribution in [0, 0.1) is 5.92 Å². The molecule has 0 saturated carbocycles. The van der Waals surface area contributed by atoms with Gasteiger partial charge in [-0.15, -0.1) is 0 Å². The molecule has 302 valence electrons. The third-order valence-electron chi connectivity index (χ3n) is 9.76. The first-order valence-electron chi connectivity index (χ1n) is 20.5. The number of hydrogen-bond donors (Lipinski definition) is 2. The van der Waals surface area contributed by atoms with Crippen LogP contribution in [-0.2, 0) is 17.6 Å². The van der Waals surface area contributed by atoms with Crippen LogP contribution in [0.3, 0.4) is 0 Å². The van der Waals surface area contributed by atoms with E-state index in [4.69, 9.17) is 14.3 Å². The van der Waals surface area contributed by atoms with Crippen LogP contribution in [0.5, 0.6) is 5.75 Å². The summed E-state index contributed by atoms with van der Waals surface area (Å²) in [5.41, 5.74) is 6.76. The molecule has 0 spiro atoms. The molecule has 0 aliphatic carbocycles. The lowest BCUT2D eigenvalue weighted by Gasteiger charge is -2.50. The fraction of sp³-hybridized carbons (Fsp3) is 0.469. The van der Waals surface area contributed by atoms with Gasteiger partial charge in [0.15, 0.2) is 5.78 Å². The van der Waals surface area contributed by atoms with Gasteiger partial charge in [-0.2, -0.15) is 0 Å². The van der Waals surface area contributed by atoms with Crippen LogP contribution in [0.1, 0.15) is 133 Å². The second kappa shape index (κ2) is 22.7. The van der Waals surface area contributed by atoms with E-state index in [2.05, 4.69) is 134 Å². The van der Waals surface area contributed by atoms with E-state index in [9.17, 15) is 9.90 Å². The van der Waals surface area contributed by atoms with Gasteiger partial charge in [-0.25, -0.2) is 4.98 Å². The van der Waals surface area contributed by atoms with Crippen LogP contribution in [-0.4, -0.2) is 38.4 Å². The Labute approximate surface area is 335 Å². The van der Waals surface area contributed by atoms with Gasteiger partial charge >= 0.3 is 0 Å². The molecule has 2 atom stereocenters. The summed E-state index contributed by atoms with van der Waals surface area (Å²) in [5.74, 6) is 1.32. The lowest BCUT2D eigenvalue weighted by atomic mass is 9.87. The standard InChI is InChI=1S/C45H59NO3S.C2H6O.C2H6/c1-11-14-25-39(33(6)47)40(34(7)48)29-32(5)44-42(28-31(4)12-2)38(13-3)41-30-35(26-27-43(41)46-44)49-50(45(8,9)10,36-21-17-15-18-22-36)37-23-19-16-20-24-37;1-2-3;1-2/h15-24,26-27,29-31,34,48H,11-14,25,28H2,1-10H3;3H,2H2,1H3;1-2H3/b32-29+,40-39+;;. The molecule has 0 aliphatic rings.